The van der Waals surface area contributed by atoms with Gasteiger partial charge in [-0.3, -0.25) is 4.72 Å². The highest BCUT2D eigenvalue weighted by atomic mass is 32.2. The van der Waals surface area contributed by atoms with Crippen LogP contribution in [0.5, 0.6) is 17.6 Å². The second-order valence-electron chi connectivity index (χ2n) is 6.79. The zero-order valence-electron chi connectivity index (χ0n) is 18.1. The van der Waals surface area contributed by atoms with Gasteiger partial charge in [0.2, 0.25) is 15.9 Å². The number of benzene rings is 1. The third kappa shape index (κ3) is 6.27. The van der Waals surface area contributed by atoms with Crippen LogP contribution in [0.1, 0.15) is 18.9 Å². The number of hydrogen-bond acceptors (Lipinski definition) is 9. The lowest BCUT2D eigenvalue weighted by Crippen LogP contribution is -2.18. The fraction of sp³-hybridized carbons (Fsp3) is 0.333. The van der Waals surface area contributed by atoms with Crippen LogP contribution >= 0.6 is 0 Å². The largest absolute Gasteiger partial charge is 0.494 e. The molecule has 0 amide bonds. The lowest BCUT2D eigenvalue weighted by atomic mass is 10.1. The molecule has 0 aliphatic rings. The molecule has 170 valence electrons. The molecule has 32 heavy (non-hydrogen) atoms. The number of aryl methyl sites for hydroxylation is 1. The molecule has 3 aromatic rings. The molecule has 11 heteroatoms. The molecular formula is C21H25N5O5S. The average Bonchev–Trinajstić information content (AvgIpc) is 2.78. The van der Waals surface area contributed by atoms with Crippen LogP contribution in [0, 0.1) is 6.92 Å². The quantitative estimate of drug-likeness (QED) is 0.431. The molecule has 0 saturated carbocycles. The van der Waals surface area contributed by atoms with E-state index in [9.17, 15) is 8.42 Å². The topological polar surface area (TPSA) is 125 Å². The molecule has 10 nitrogen and oxygen atoms in total. The smallest absolute Gasteiger partial charge is 0.316 e. The highest BCUT2D eigenvalue weighted by molar-refractivity contribution is 7.92. The van der Waals surface area contributed by atoms with Crippen LogP contribution in [0.15, 0.2) is 43.0 Å². The zero-order valence-corrected chi connectivity index (χ0v) is 18.9. The van der Waals surface area contributed by atoms with E-state index in [-0.39, 0.29) is 36.7 Å². The molecule has 0 radical (unpaired) electrons. The van der Waals surface area contributed by atoms with Gasteiger partial charge in [-0.25, -0.2) is 18.4 Å². The van der Waals surface area contributed by atoms with Crippen molar-refractivity contribution in [1.82, 2.24) is 19.9 Å². The summed E-state index contributed by atoms with van der Waals surface area (Å²) < 4.78 is 43.6. The first-order valence-electron chi connectivity index (χ1n) is 9.96. The molecule has 0 spiro atoms. The molecule has 3 rings (SSSR count). The molecule has 1 aromatic carbocycles. The van der Waals surface area contributed by atoms with E-state index in [2.05, 4.69) is 24.7 Å². The maximum Gasteiger partial charge on any atom is 0.316 e. The van der Waals surface area contributed by atoms with Gasteiger partial charge in [-0.2, -0.15) is 9.97 Å². The van der Waals surface area contributed by atoms with Crippen molar-refractivity contribution in [2.24, 2.45) is 0 Å². The van der Waals surface area contributed by atoms with Crippen molar-refractivity contribution in [3.8, 4) is 28.8 Å². The number of hydrogen-bond donors (Lipinski definition) is 1. The summed E-state index contributed by atoms with van der Waals surface area (Å²) in [5, 5.41) is 0. The molecule has 0 fully saturated rings. The Morgan fingerprint density at radius 1 is 0.969 bits per heavy atom. The van der Waals surface area contributed by atoms with E-state index in [0.717, 1.165) is 11.1 Å². The molecule has 0 unspecified atom stereocenters. The van der Waals surface area contributed by atoms with Crippen LogP contribution in [0.3, 0.4) is 0 Å². The second-order valence-corrected chi connectivity index (χ2v) is 8.63. The van der Waals surface area contributed by atoms with Gasteiger partial charge in [0.05, 0.1) is 30.8 Å². The van der Waals surface area contributed by atoms with Gasteiger partial charge >= 0.3 is 6.01 Å². The summed E-state index contributed by atoms with van der Waals surface area (Å²) in [6.45, 7) is 4.04. The maximum atomic E-state index is 12.4. The van der Waals surface area contributed by atoms with Crippen LogP contribution in [-0.2, 0) is 10.0 Å². The fourth-order valence-corrected chi connectivity index (χ4v) is 3.85. The number of nitrogens with one attached hydrogen (secondary N) is 1. The second kappa shape index (κ2) is 10.7. The summed E-state index contributed by atoms with van der Waals surface area (Å²) in [6, 6.07) is 7.74. The number of aromatic nitrogens is 4. The standard InChI is InChI=1S/C21H25N5O5S/c1-4-11-32(27,28)26-19-18(16-7-5-15(2)6-8-16)20(25-14-24-19)30-9-10-31-21-22-12-17(29-3)13-23-21/h5-8,12-14H,4,9-11H2,1-3H3,(H,24,25,26). The molecule has 0 aliphatic carbocycles. The minimum atomic E-state index is -3.55. The summed E-state index contributed by atoms with van der Waals surface area (Å²) in [5.74, 6) is 0.898. The van der Waals surface area contributed by atoms with Crippen LogP contribution in [0.4, 0.5) is 5.82 Å². The van der Waals surface area contributed by atoms with E-state index in [1.807, 2.05) is 31.2 Å². The molecular weight excluding hydrogens is 434 g/mol. The lowest BCUT2D eigenvalue weighted by Gasteiger charge is -2.15. The Labute approximate surface area is 187 Å². The summed E-state index contributed by atoms with van der Waals surface area (Å²) >= 11 is 0. The van der Waals surface area contributed by atoms with Crippen molar-refractivity contribution < 1.29 is 22.6 Å². The van der Waals surface area contributed by atoms with Crippen molar-refractivity contribution in [3.05, 3.63) is 48.5 Å². The van der Waals surface area contributed by atoms with Gasteiger partial charge in [-0.05, 0) is 18.9 Å². The summed E-state index contributed by atoms with van der Waals surface area (Å²) in [7, 11) is -2.03. The van der Waals surface area contributed by atoms with Gasteiger partial charge in [0, 0.05) is 0 Å². The molecule has 0 aliphatic heterocycles. The van der Waals surface area contributed by atoms with Gasteiger partial charge in [0.15, 0.2) is 11.6 Å². The highest BCUT2D eigenvalue weighted by Gasteiger charge is 2.19. The Bertz CT molecular complexity index is 1120. The normalized spacial score (nSPS) is 11.1. The predicted octanol–water partition coefficient (Wildman–Crippen LogP) is 2.86. The molecule has 1 N–H and O–H groups in total. The van der Waals surface area contributed by atoms with Gasteiger partial charge in [-0.1, -0.05) is 36.8 Å². The van der Waals surface area contributed by atoms with Crippen molar-refractivity contribution >= 4 is 15.8 Å². The van der Waals surface area contributed by atoms with Gasteiger partial charge in [0.1, 0.15) is 19.5 Å². The maximum absolute atomic E-state index is 12.4. The van der Waals surface area contributed by atoms with Gasteiger partial charge in [-0.15, -0.1) is 0 Å². The Kier molecular flexibility index (Phi) is 7.77. The number of rotatable bonds is 11. The minimum absolute atomic E-state index is 0.0176. The monoisotopic (exact) mass is 459 g/mol. The number of sulfonamides is 1. The fourth-order valence-electron chi connectivity index (χ4n) is 2.76. The molecule has 2 aromatic heterocycles. The lowest BCUT2D eigenvalue weighted by molar-refractivity contribution is 0.201. The Hall–Kier alpha value is -3.47. The number of nitrogens with zero attached hydrogens (tertiary/aromatic N) is 4. The van der Waals surface area contributed by atoms with Gasteiger partial charge < -0.3 is 14.2 Å². The summed E-state index contributed by atoms with van der Waals surface area (Å²) in [5.41, 5.74) is 2.24. The van der Waals surface area contributed by atoms with Crippen molar-refractivity contribution in [2.45, 2.75) is 20.3 Å². The molecule has 0 bridgehead atoms. The average molecular weight is 460 g/mol. The summed E-state index contributed by atoms with van der Waals surface area (Å²) in [6.07, 6.45) is 4.73. The van der Waals surface area contributed by atoms with E-state index in [4.69, 9.17) is 14.2 Å². The highest BCUT2D eigenvalue weighted by Crippen LogP contribution is 2.34. The first kappa shape index (κ1) is 23.2. The zero-order chi connectivity index (χ0) is 23.0. The third-order valence-electron chi connectivity index (χ3n) is 4.27. The number of methoxy groups -OCH3 is 1. The van der Waals surface area contributed by atoms with Crippen LogP contribution in [0.2, 0.25) is 0 Å². The third-order valence-corrected chi connectivity index (χ3v) is 5.72. The van der Waals surface area contributed by atoms with E-state index in [1.165, 1.54) is 25.8 Å². The van der Waals surface area contributed by atoms with E-state index < -0.39 is 10.0 Å². The number of ether oxygens (including phenoxy) is 3. The van der Waals surface area contributed by atoms with Crippen molar-refractivity contribution in [3.63, 3.8) is 0 Å². The first-order valence-corrected chi connectivity index (χ1v) is 11.6. The SMILES string of the molecule is CCCS(=O)(=O)Nc1ncnc(OCCOc2ncc(OC)cn2)c1-c1ccc(C)cc1. The van der Waals surface area contributed by atoms with Crippen LogP contribution in [-0.4, -0.2) is 54.4 Å². The number of anilines is 1. The minimum Gasteiger partial charge on any atom is -0.494 e. The van der Waals surface area contributed by atoms with Crippen LogP contribution in [0.25, 0.3) is 11.1 Å². The Balaban J connectivity index is 1.79. The predicted molar refractivity (Wildman–Crippen MR) is 119 cm³/mol. The van der Waals surface area contributed by atoms with E-state index in [1.54, 1.807) is 6.92 Å². The van der Waals surface area contributed by atoms with Crippen molar-refractivity contribution in [2.75, 3.05) is 30.8 Å². The van der Waals surface area contributed by atoms with Crippen molar-refractivity contribution in [1.29, 1.82) is 0 Å². The van der Waals surface area contributed by atoms with Crippen LogP contribution < -0.4 is 18.9 Å². The first-order chi connectivity index (χ1) is 15.4. The molecule has 0 atom stereocenters. The van der Waals surface area contributed by atoms with E-state index >= 15 is 0 Å². The molecule has 0 saturated heterocycles. The van der Waals surface area contributed by atoms with E-state index in [0.29, 0.717) is 17.7 Å². The Morgan fingerprint density at radius 2 is 1.66 bits per heavy atom. The van der Waals surface area contributed by atoms with Gasteiger partial charge in [0.25, 0.3) is 0 Å². The summed E-state index contributed by atoms with van der Waals surface area (Å²) in [4.78, 5) is 16.4. The molecule has 2 heterocycles. The Morgan fingerprint density at radius 3 is 2.31 bits per heavy atom.